The Hall–Kier alpha value is -1.20. The highest BCUT2D eigenvalue weighted by Gasteiger charge is 2.48. The maximum atomic E-state index is 11.3. The van der Waals surface area contributed by atoms with Gasteiger partial charge >= 0.3 is 5.97 Å². The van der Waals surface area contributed by atoms with E-state index in [2.05, 4.69) is 0 Å². The second kappa shape index (κ2) is 3.99. The van der Waals surface area contributed by atoms with E-state index in [1.807, 2.05) is 12.3 Å². The summed E-state index contributed by atoms with van der Waals surface area (Å²) in [5.74, 6) is -0.837. The third kappa shape index (κ3) is 1.56. The molecule has 0 spiro atoms. The van der Waals surface area contributed by atoms with Gasteiger partial charge in [0.05, 0.1) is 13.2 Å². The molecule has 0 bridgehead atoms. The molecule has 86 valence electrons. The van der Waals surface area contributed by atoms with Crippen LogP contribution in [-0.4, -0.2) is 30.5 Å². The molecule has 0 atom stereocenters. The van der Waals surface area contributed by atoms with E-state index in [1.54, 1.807) is 12.1 Å². The number of hydrogen-bond acceptors (Lipinski definition) is 4. The van der Waals surface area contributed by atoms with Crippen LogP contribution in [-0.2, 0) is 14.9 Å². The van der Waals surface area contributed by atoms with E-state index in [-0.39, 0.29) is 13.2 Å². The van der Waals surface area contributed by atoms with Crippen LogP contribution in [0.15, 0.2) is 23.1 Å². The van der Waals surface area contributed by atoms with E-state index in [0.29, 0.717) is 5.69 Å². The van der Waals surface area contributed by atoms with E-state index in [1.165, 1.54) is 11.8 Å². The molecule has 5 heteroatoms. The Morgan fingerprint density at radius 2 is 2.25 bits per heavy atom. The smallest absolute Gasteiger partial charge is 0.318 e. The molecule has 1 aliphatic rings. The zero-order valence-electron chi connectivity index (χ0n) is 8.90. The van der Waals surface area contributed by atoms with Crippen LogP contribution >= 0.6 is 11.8 Å². The van der Waals surface area contributed by atoms with Crippen molar-refractivity contribution in [3.8, 4) is 0 Å². The van der Waals surface area contributed by atoms with Gasteiger partial charge in [0.2, 0.25) is 0 Å². The lowest BCUT2D eigenvalue weighted by atomic mass is 9.79. The topological polar surface area (TPSA) is 72.5 Å². The molecule has 0 saturated carbocycles. The van der Waals surface area contributed by atoms with Crippen LogP contribution in [0.1, 0.15) is 5.56 Å². The zero-order chi connectivity index (χ0) is 11.8. The molecule has 3 N–H and O–H groups in total. The number of hydrogen-bond donors (Lipinski definition) is 2. The predicted molar refractivity (Wildman–Crippen MR) is 62.8 cm³/mol. The van der Waals surface area contributed by atoms with Crippen molar-refractivity contribution in [2.24, 2.45) is 0 Å². The van der Waals surface area contributed by atoms with Crippen molar-refractivity contribution in [2.45, 2.75) is 10.3 Å². The third-order valence-corrected chi connectivity index (χ3v) is 3.69. The number of ether oxygens (including phenoxy) is 1. The molecule has 0 unspecified atom stereocenters. The molecule has 1 fully saturated rings. The van der Waals surface area contributed by atoms with Gasteiger partial charge in [0.25, 0.3) is 0 Å². The summed E-state index contributed by atoms with van der Waals surface area (Å²) in [5.41, 5.74) is 6.35. The Bertz CT molecular complexity index is 429. The Labute approximate surface area is 97.8 Å². The summed E-state index contributed by atoms with van der Waals surface area (Å²) in [4.78, 5) is 12.2. The van der Waals surface area contributed by atoms with Crippen molar-refractivity contribution >= 4 is 23.4 Å². The maximum Gasteiger partial charge on any atom is 0.318 e. The second-order valence-electron chi connectivity index (χ2n) is 3.84. The molecule has 16 heavy (non-hydrogen) atoms. The van der Waals surface area contributed by atoms with Gasteiger partial charge in [-0.25, -0.2) is 0 Å². The predicted octanol–water partition coefficient (Wildman–Crippen LogP) is 1.34. The molecular weight excluding hydrogens is 226 g/mol. The number of carboxylic acid groups (broad SMARTS) is 1. The summed E-state index contributed by atoms with van der Waals surface area (Å²) in [6.07, 6.45) is 1.92. The molecule has 1 aromatic rings. The van der Waals surface area contributed by atoms with Gasteiger partial charge in [-0.2, -0.15) is 0 Å². The van der Waals surface area contributed by atoms with Crippen molar-refractivity contribution < 1.29 is 14.6 Å². The minimum Gasteiger partial charge on any atom is -0.480 e. The fourth-order valence-corrected chi connectivity index (χ4v) is 2.28. The summed E-state index contributed by atoms with van der Waals surface area (Å²) in [6.45, 7) is 0.472. The summed E-state index contributed by atoms with van der Waals surface area (Å²) in [6, 6.07) is 5.37. The standard InChI is InChI=1S/C11H13NO3S/c1-16-9-4-7(2-3-8(9)12)11(10(13)14)5-15-6-11/h2-4H,5-6,12H2,1H3,(H,13,14). The first-order valence-electron chi connectivity index (χ1n) is 4.85. The van der Waals surface area contributed by atoms with Crippen LogP contribution in [0.25, 0.3) is 0 Å². The molecule has 0 amide bonds. The number of nitrogens with two attached hydrogens (primary N) is 1. The number of rotatable bonds is 3. The molecule has 1 saturated heterocycles. The maximum absolute atomic E-state index is 11.3. The molecule has 0 aliphatic carbocycles. The Morgan fingerprint density at radius 1 is 1.56 bits per heavy atom. The van der Waals surface area contributed by atoms with Crippen LogP contribution in [0.4, 0.5) is 5.69 Å². The number of benzene rings is 1. The average molecular weight is 239 g/mol. The molecule has 2 rings (SSSR count). The fraction of sp³-hybridized carbons (Fsp3) is 0.364. The van der Waals surface area contributed by atoms with Crippen molar-refractivity contribution in [1.29, 1.82) is 0 Å². The number of thioether (sulfide) groups is 1. The summed E-state index contributed by atoms with van der Waals surface area (Å²) < 4.78 is 5.04. The van der Waals surface area contributed by atoms with Crippen molar-refractivity contribution in [3.63, 3.8) is 0 Å². The summed E-state index contributed by atoms with van der Waals surface area (Å²) in [5, 5.41) is 9.25. The van der Waals surface area contributed by atoms with Crippen molar-refractivity contribution in [1.82, 2.24) is 0 Å². The van der Waals surface area contributed by atoms with Crippen molar-refractivity contribution in [2.75, 3.05) is 25.2 Å². The number of nitrogen functional groups attached to an aromatic ring is 1. The molecule has 1 aliphatic heterocycles. The van der Waals surface area contributed by atoms with Gasteiger partial charge < -0.3 is 15.6 Å². The number of anilines is 1. The Morgan fingerprint density at radius 3 is 2.69 bits per heavy atom. The highest BCUT2D eigenvalue weighted by atomic mass is 32.2. The minimum atomic E-state index is -0.877. The van der Waals surface area contributed by atoms with Gasteiger partial charge in [-0.3, -0.25) is 4.79 Å². The zero-order valence-corrected chi connectivity index (χ0v) is 9.71. The normalized spacial score (nSPS) is 17.8. The average Bonchev–Trinajstić information content (AvgIpc) is 2.18. The lowest BCUT2D eigenvalue weighted by Gasteiger charge is -2.38. The molecule has 4 nitrogen and oxygen atoms in total. The van der Waals surface area contributed by atoms with Crippen molar-refractivity contribution in [3.05, 3.63) is 23.8 Å². The van der Waals surface area contributed by atoms with Gasteiger partial charge in [0, 0.05) is 10.6 Å². The largest absolute Gasteiger partial charge is 0.480 e. The first-order valence-corrected chi connectivity index (χ1v) is 6.08. The number of carbonyl (C=O) groups is 1. The summed E-state index contributed by atoms with van der Waals surface area (Å²) >= 11 is 1.51. The lowest BCUT2D eigenvalue weighted by molar-refractivity contribution is -0.163. The van der Waals surface area contributed by atoms with E-state index in [0.717, 1.165) is 10.5 Å². The second-order valence-corrected chi connectivity index (χ2v) is 4.68. The van der Waals surface area contributed by atoms with E-state index in [4.69, 9.17) is 10.5 Å². The number of carboxylic acids is 1. The third-order valence-electron chi connectivity index (χ3n) is 2.89. The molecule has 0 radical (unpaired) electrons. The molecule has 0 aromatic heterocycles. The monoisotopic (exact) mass is 239 g/mol. The van der Waals surface area contributed by atoms with Gasteiger partial charge in [-0.05, 0) is 24.0 Å². The Kier molecular flexibility index (Phi) is 2.82. The highest BCUT2D eigenvalue weighted by Crippen LogP contribution is 2.36. The highest BCUT2D eigenvalue weighted by molar-refractivity contribution is 7.98. The first-order chi connectivity index (χ1) is 7.60. The number of aliphatic carboxylic acids is 1. The van der Waals surface area contributed by atoms with E-state index in [9.17, 15) is 9.90 Å². The molecule has 1 aromatic carbocycles. The lowest BCUT2D eigenvalue weighted by Crippen LogP contribution is -2.53. The summed E-state index contributed by atoms with van der Waals surface area (Å²) in [7, 11) is 0. The first kappa shape index (κ1) is 11.3. The van der Waals surface area contributed by atoms with Gasteiger partial charge in [0.15, 0.2) is 0 Å². The molecular formula is C11H13NO3S. The minimum absolute atomic E-state index is 0.236. The van der Waals surface area contributed by atoms with Crippen LogP contribution in [0, 0.1) is 0 Å². The van der Waals surface area contributed by atoms with Crippen LogP contribution in [0.3, 0.4) is 0 Å². The van der Waals surface area contributed by atoms with E-state index < -0.39 is 11.4 Å². The van der Waals surface area contributed by atoms with Crippen LogP contribution < -0.4 is 5.73 Å². The van der Waals surface area contributed by atoms with Crippen LogP contribution in [0.2, 0.25) is 0 Å². The molecule has 1 heterocycles. The fourth-order valence-electron chi connectivity index (χ4n) is 1.73. The van der Waals surface area contributed by atoms with Gasteiger partial charge in [0.1, 0.15) is 5.41 Å². The quantitative estimate of drug-likeness (QED) is 0.615. The SMILES string of the molecule is CSc1cc(C2(C(=O)O)COC2)ccc1N. The van der Waals surface area contributed by atoms with Crippen LogP contribution in [0.5, 0.6) is 0 Å². The Balaban J connectivity index is 2.43. The van der Waals surface area contributed by atoms with E-state index >= 15 is 0 Å². The van der Waals surface area contributed by atoms with Gasteiger partial charge in [-0.15, -0.1) is 11.8 Å². The van der Waals surface area contributed by atoms with Gasteiger partial charge in [-0.1, -0.05) is 6.07 Å².